The molecule has 1 aliphatic rings. The number of nitro benzene ring substituents is 1. The number of nitrogens with one attached hydrogen (secondary N) is 1. The van der Waals surface area contributed by atoms with Gasteiger partial charge in [0.15, 0.2) is 5.13 Å². The van der Waals surface area contributed by atoms with Crippen LogP contribution < -0.4 is 5.32 Å². The molecule has 21 heavy (non-hydrogen) atoms. The molecule has 0 fully saturated rings. The van der Waals surface area contributed by atoms with E-state index in [4.69, 9.17) is 0 Å². The van der Waals surface area contributed by atoms with Gasteiger partial charge in [-0.3, -0.25) is 20.2 Å². The molecule has 3 rings (SSSR count). The molecule has 8 heteroatoms. The minimum Gasteiger partial charge on any atom is -0.298 e. The van der Waals surface area contributed by atoms with Gasteiger partial charge in [-0.05, 0) is 41.3 Å². The molecular formula is C13H10BrN3O3S. The maximum atomic E-state index is 12.2. The first kappa shape index (κ1) is 14.2. The largest absolute Gasteiger partial charge is 0.298 e. The predicted molar refractivity (Wildman–Crippen MR) is 82.9 cm³/mol. The Morgan fingerprint density at radius 1 is 1.43 bits per heavy atom. The van der Waals surface area contributed by atoms with Crippen molar-refractivity contribution in [3.63, 3.8) is 0 Å². The first-order chi connectivity index (χ1) is 10.1. The molecule has 1 amide bonds. The molecule has 1 aromatic heterocycles. The fourth-order valence-electron chi connectivity index (χ4n) is 2.24. The van der Waals surface area contributed by atoms with Crippen LogP contribution >= 0.6 is 27.3 Å². The highest BCUT2D eigenvalue weighted by Gasteiger charge is 2.22. The van der Waals surface area contributed by atoms with E-state index in [-0.39, 0.29) is 15.7 Å². The quantitative estimate of drug-likeness (QED) is 0.663. The van der Waals surface area contributed by atoms with Crippen molar-refractivity contribution in [3.8, 4) is 0 Å². The third-order valence-electron chi connectivity index (χ3n) is 3.24. The van der Waals surface area contributed by atoms with Crippen LogP contribution in [0.3, 0.4) is 0 Å². The summed E-state index contributed by atoms with van der Waals surface area (Å²) in [6.07, 6.45) is 3.06. The lowest BCUT2D eigenvalue weighted by Crippen LogP contribution is -2.13. The summed E-state index contributed by atoms with van der Waals surface area (Å²) in [5, 5.41) is 14.1. The average molecular weight is 368 g/mol. The van der Waals surface area contributed by atoms with E-state index in [1.807, 2.05) is 0 Å². The molecule has 1 aliphatic carbocycles. The van der Waals surface area contributed by atoms with Crippen molar-refractivity contribution < 1.29 is 9.72 Å². The van der Waals surface area contributed by atoms with Gasteiger partial charge in [-0.25, -0.2) is 4.98 Å². The van der Waals surface area contributed by atoms with Crippen LogP contribution in [-0.4, -0.2) is 15.8 Å². The summed E-state index contributed by atoms with van der Waals surface area (Å²) >= 11 is 4.59. The third kappa shape index (κ3) is 2.68. The highest BCUT2D eigenvalue weighted by atomic mass is 79.9. The van der Waals surface area contributed by atoms with Gasteiger partial charge in [-0.1, -0.05) is 6.07 Å². The van der Waals surface area contributed by atoms with Gasteiger partial charge in [-0.2, -0.15) is 0 Å². The van der Waals surface area contributed by atoms with E-state index < -0.39 is 10.8 Å². The summed E-state index contributed by atoms with van der Waals surface area (Å²) in [5.41, 5.74) is 1.14. The Kier molecular flexibility index (Phi) is 3.73. The number of benzene rings is 1. The van der Waals surface area contributed by atoms with Crippen LogP contribution in [0.4, 0.5) is 10.8 Å². The van der Waals surface area contributed by atoms with E-state index in [1.54, 1.807) is 0 Å². The number of fused-ring (bicyclic) bond motifs is 1. The summed E-state index contributed by atoms with van der Waals surface area (Å²) in [4.78, 5) is 28.2. The zero-order chi connectivity index (χ0) is 15.0. The number of amides is 1. The Bertz CT molecular complexity index is 723. The molecule has 0 saturated carbocycles. The topological polar surface area (TPSA) is 85.1 Å². The molecule has 2 aromatic rings. The van der Waals surface area contributed by atoms with Gasteiger partial charge < -0.3 is 0 Å². The SMILES string of the molecule is O=C(Nc1nc2c(s1)CCC2)c1cccc([N+](=O)[O-])c1Br. The van der Waals surface area contributed by atoms with Gasteiger partial charge in [0.2, 0.25) is 0 Å². The summed E-state index contributed by atoms with van der Waals surface area (Å²) in [6, 6.07) is 4.37. The Labute approximate surface area is 132 Å². The number of aryl methyl sites for hydroxylation is 2. The van der Waals surface area contributed by atoms with Gasteiger partial charge in [0, 0.05) is 10.9 Å². The molecule has 1 N–H and O–H groups in total. The smallest absolute Gasteiger partial charge is 0.284 e. The van der Waals surface area contributed by atoms with Gasteiger partial charge in [-0.15, -0.1) is 11.3 Å². The molecule has 0 saturated heterocycles. The van der Waals surface area contributed by atoms with Crippen molar-refractivity contribution in [1.82, 2.24) is 4.98 Å². The average Bonchev–Trinajstić information content (AvgIpc) is 2.99. The summed E-state index contributed by atoms with van der Waals surface area (Å²) < 4.78 is 0.177. The Balaban J connectivity index is 1.85. The lowest BCUT2D eigenvalue weighted by Gasteiger charge is -2.04. The van der Waals surface area contributed by atoms with E-state index in [0.29, 0.717) is 5.13 Å². The van der Waals surface area contributed by atoms with Gasteiger partial charge in [0.1, 0.15) is 4.47 Å². The lowest BCUT2D eigenvalue weighted by molar-refractivity contribution is -0.385. The molecular weight excluding hydrogens is 358 g/mol. The number of nitrogens with zero attached hydrogens (tertiary/aromatic N) is 2. The van der Waals surface area contributed by atoms with Crippen molar-refractivity contribution in [2.75, 3.05) is 5.32 Å². The van der Waals surface area contributed by atoms with Gasteiger partial charge >= 0.3 is 0 Å². The second kappa shape index (κ2) is 5.53. The molecule has 0 atom stereocenters. The number of thiazole rings is 1. The van der Waals surface area contributed by atoms with Crippen LogP contribution in [0.25, 0.3) is 0 Å². The molecule has 0 unspecified atom stereocenters. The second-order valence-corrected chi connectivity index (χ2v) is 6.47. The van der Waals surface area contributed by atoms with E-state index in [0.717, 1.165) is 25.0 Å². The predicted octanol–water partition coefficient (Wildman–Crippen LogP) is 3.55. The number of aromatic nitrogens is 1. The minimum absolute atomic E-state index is 0.135. The van der Waals surface area contributed by atoms with Crippen molar-refractivity contribution >= 4 is 44.0 Å². The van der Waals surface area contributed by atoms with Crippen molar-refractivity contribution in [2.24, 2.45) is 0 Å². The van der Waals surface area contributed by atoms with Crippen LogP contribution in [0.15, 0.2) is 22.7 Å². The van der Waals surface area contributed by atoms with Crippen molar-refractivity contribution in [1.29, 1.82) is 0 Å². The first-order valence-corrected chi connectivity index (χ1v) is 7.90. The molecule has 0 bridgehead atoms. The minimum atomic E-state index is -0.529. The zero-order valence-corrected chi connectivity index (χ0v) is 13.2. The van der Waals surface area contributed by atoms with E-state index >= 15 is 0 Å². The fraction of sp³-hybridized carbons (Fsp3) is 0.231. The van der Waals surface area contributed by atoms with Gasteiger partial charge in [0.25, 0.3) is 11.6 Å². The number of carbonyl (C=O) groups is 1. The number of anilines is 1. The maximum Gasteiger partial charge on any atom is 0.284 e. The highest BCUT2D eigenvalue weighted by molar-refractivity contribution is 9.10. The van der Waals surface area contributed by atoms with E-state index in [2.05, 4.69) is 26.2 Å². The lowest BCUT2D eigenvalue weighted by atomic mass is 10.2. The second-order valence-electron chi connectivity index (χ2n) is 4.59. The highest BCUT2D eigenvalue weighted by Crippen LogP contribution is 2.32. The first-order valence-electron chi connectivity index (χ1n) is 6.29. The molecule has 6 nitrogen and oxygen atoms in total. The van der Waals surface area contributed by atoms with Crippen LogP contribution in [0, 0.1) is 10.1 Å². The van der Waals surface area contributed by atoms with Crippen LogP contribution in [0.2, 0.25) is 0 Å². The number of rotatable bonds is 3. The van der Waals surface area contributed by atoms with Crippen LogP contribution in [0.1, 0.15) is 27.3 Å². The van der Waals surface area contributed by atoms with Gasteiger partial charge in [0.05, 0.1) is 16.2 Å². The Morgan fingerprint density at radius 2 is 2.24 bits per heavy atom. The van der Waals surface area contributed by atoms with Crippen molar-refractivity contribution in [2.45, 2.75) is 19.3 Å². The fourth-order valence-corrected chi connectivity index (χ4v) is 3.88. The van der Waals surface area contributed by atoms with Crippen LogP contribution in [-0.2, 0) is 12.8 Å². The molecule has 1 aromatic carbocycles. The Hall–Kier alpha value is -1.80. The number of hydrogen-bond acceptors (Lipinski definition) is 5. The molecule has 0 spiro atoms. The van der Waals surface area contributed by atoms with Crippen molar-refractivity contribution in [3.05, 3.63) is 48.9 Å². The maximum absolute atomic E-state index is 12.2. The molecule has 1 heterocycles. The number of nitro groups is 1. The van der Waals surface area contributed by atoms with E-state index in [1.165, 1.54) is 34.4 Å². The standard InChI is InChI=1S/C13H10BrN3O3S/c14-11-7(3-1-5-9(11)17(19)20)12(18)16-13-15-8-4-2-6-10(8)21-13/h1,3,5H,2,4,6H2,(H,15,16,18). The molecule has 0 radical (unpaired) electrons. The zero-order valence-electron chi connectivity index (χ0n) is 10.8. The summed E-state index contributed by atoms with van der Waals surface area (Å²) in [7, 11) is 0. The third-order valence-corrected chi connectivity index (χ3v) is 5.14. The number of hydrogen-bond donors (Lipinski definition) is 1. The summed E-state index contributed by atoms with van der Waals surface area (Å²) in [6.45, 7) is 0. The number of halogens is 1. The normalized spacial score (nSPS) is 13.0. The molecule has 108 valence electrons. The van der Waals surface area contributed by atoms with E-state index in [9.17, 15) is 14.9 Å². The number of carbonyl (C=O) groups excluding carboxylic acids is 1. The monoisotopic (exact) mass is 367 g/mol. The molecule has 0 aliphatic heterocycles. The van der Waals surface area contributed by atoms with Crippen LogP contribution in [0.5, 0.6) is 0 Å². The summed E-state index contributed by atoms with van der Waals surface area (Å²) in [5.74, 6) is -0.405. The Morgan fingerprint density at radius 3 is 2.95 bits per heavy atom.